The van der Waals surface area contributed by atoms with E-state index >= 15 is 0 Å². The van der Waals surface area contributed by atoms with Crippen molar-refractivity contribution in [2.75, 3.05) is 51.1 Å². The number of likely N-dealkylation sites (tertiary alicyclic amines) is 2. The Balaban J connectivity index is 1.36. The standard InChI is InChI=1S/C21H32N4O3S/c26-21(17-24-12-6-8-19(24)16-23-10-1-2-11-23)22-18-7-5-9-20(15-18)29(27,28)25-13-3-4-14-25/h5,7,9,15,19H,1-4,6,8,10-14,16-17H2,(H,22,26). The maximum atomic E-state index is 12.8. The van der Waals surface area contributed by atoms with Gasteiger partial charge >= 0.3 is 0 Å². The van der Waals surface area contributed by atoms with E-state index in [1.165, 1.54) is 30.2 Å². The maximum Gasteiger partial charge on any atom is 0.243 e. The Morgan fingerprint density at radius 2 is 1.72 bits per heavy atom. The van der Waals surface area contributed by atoms with Gasteiger partial charge in [-0.1, -0.05) is 6.07 Å². The molecule has 7 nitrogen and oxygen atoms in total. The van der Waals surface area contributed by atoms with E-state index in [2.05, 4.69) is 15.1 Å². The second kappa shape index (κ2) is 9.12. The molecule has 1 unspecified atom stereocenters. The molecule has 0 spiro atoms. The molecular weight excluding hydrogens is 388 g/mol. The Kier molecular flexibility index (Phi) is 6.53. The van der Waals surface area contributed by atoms with Crippen molar-refractivity contribution in [3.05, 3.63) is 24.3 Å². The topological polar surface area (TPSA) is 73.0 Å². The van der Waals surface area contributed by atoms with E-state index in [-0.39, 0.29) is 10.8 Å². The van der Waals surface area contributed by atoms with Crippen LogP contribution in [0.5, 0.6) is 0 Å². The SMILES string of the molecule is O=C(CN1CCCC1CN1CCCC1)Nc1cccc(S(=O)(=O)N2CCCC2)c1. The van der Waals surface area contributed by atoms with Crippen LogP contribution >= 0.6 is 0 Å². The summed E-state index contributed by atoms with van der Waals surface area (Å²) in [6.07, 6.45) is 6.66. The molecule has 1 amide bonds. The van der Waals surface area contributed by atoms with Crippen molar-refractivity contribution in [2.45, 2.75) is 49.5 Å². The zero-order valence-electron chi connectivity index (χ0n) is 17.1. The van der Waals surface area contributed by atoms with E-state index in [1.54, 1.807) is 24.3 Å². The van der Waals surface area contributed by atoms with Gasteiger partial charge in [-0.25, -0.2) is 8.42 Å². The smallest absolute Gasteiger partial charge is 0.243 e. The summed E-state index contributed by atoms with van der Waals surface area (Å²) in [7, 11) is -3.48. The lowest BCUT2D eigenvalue weighted by atomic mass is 10.2. The van der Waals surface area contributed by atoms with E-state index < -0.39 is 10.0 Å². The number of anilines is 1. The molecule has 0 aromatic heterocycles. The number of nitrogens with one attached hydrogen (secondary N) is 1. The highest BCUT2D eigenvalue weighted by atomic mass is 32.2. The molecule has 1 atom stereocenters. The van der Waals surface area contributed by atoms with Crippen molar-refractivity contribution in [2.24, 2.45) is 0 Å². The second-order valence-corrected chi connectivity index (χ2v) is 10.4. The third-order valence-electron chi connectivity index (χ3n) is 6.33. The maximum absolute atomic E-state index is 12.8. The average Bonchev–Trinajstić information content (AvgIpc) is 3.46. The van der Waals surface area contributed by atoms with Crippen molar-refractivity contribution in [1.82, 2.24) is 14.1 Å². The summed E-state index contributed by atoms with van der Waals surface area (Å²) < 4.78 is 27.0. The molecule has 0 aliphatic carbocycles. The summed E-state index contributed by atoms with van der Waals surface area (Å²) in [6.45, 7) is 5.87. The molecule has 0 saturated carbocycles. The number of hydrogen-bond donors (Lipinski definition) is 1. The quantitative estimate of drug-likeness (QED) is 0.730. The molecule has 1 N–H and O–H groups in total. The zero-order chi connectivity index (χ0) is 20.3. The Labute approximate surface area is 174 Å². The summed E-state index contributed by atoms with van der Waals surface area (Å²) in [5.74, 6) is -0.0750. The molecule has 3 aliphatic rings. The first-order chi connectivity index (χ1) is 14.0. The van der Waals surface area contributed by atoms with Gasteiger partial charge in [-0.2, -0.15) is 4.31 Å². The highest BCUT2D eigenvalue weighted by molar-refractivity contribution is 7.89. The number of carbonyl (C=O) groups excluding carboxylic acids is 1. The monoisotopic (exact) mass is 420 g/mol. The third kappa shape index (κ3) is 4.99. The van der Waals surface area contributed by atoms with Crippen molar-refractivity contribution in [3.63, 3.8) is 0 Å². The Morgan fingerprint density at radius 1 is 1.00 bits per heavy atom. The lowest BCUT2D eigenvalue weighted by molar-refractivity contribution is -0.117. The second-order valence-electron chi connectivity index (χ2n) is 8.46. The summed E-state index contributed by atoms with van der Waals surface area (Å²) >= 11 is 0. The number of nitrogens with zero attached hydrogens (tertiary/aromatic N) is 3. The van der Waals surface area contributed by atoms with Crippen LogP contribution in [-0.2, 0) is 14.8 Å². The van der Waals surface area contributed by atoms with E-state index in [1.807, 2.05) is 0 Å². The summed E-state index contributed by atoms with van der Waals surface area (Å²) in [4.78, 5) is 17.7. The van der Waals surface area contributed by atoms with Gasteiger partial charge in [0.05, 0.1) is 11.4 Å². The number of carbonyl (C=O) groups is 1. The van der Waals surface area contributed by atoms with Gasteiger partial charge in [-0.3, -0.25) is 9.69 Å². The summed E-state index contributed by atoms with van der Waals surface area (Å²) in [5, 5.41) is 2.91. The number of hydrogen-bond acceptors (Lipinski definition) is 5. The summed E-state index contributed by atoms with van der Waals surface area (Å²) in [5.41, 5.74) is 0.547. The zero-order valence-corrected chi connectivity index (χ0v) is 17.9. The van der Waals surface area contributed by atoms with Crippen LogP contribution in [0, 0.1) is 0 Å². The minimum atomic E-state index is -3.48. The van der Waals surface area contributed by atoms with Crippen LogP contribution in [0.4, 0.5) is 5.69 Å². The van der Waals surface area contributed by atoms with Crippen LogP contribution in [0.2, 0.25) is 0 Å². The molecule has 0 bridgehead atoms. The third-order valence-corrected chi connectivity index (χ3v) is 8.23. The normalized spacial score (nSPS) is 24.3. The van der Waals surface area contributed by atoms with E-state index in [0.717, 1.165) is 38.8 Å². The molecule has 4 rings (SSSR count). The lowest BCUT2D eigenvalue weighted by Crippen LogP contribution is -2.42. The molecule has 8 heteroatoms. The molecule has 3 aliphatic heterocycles. The highest BCUT2D eigenvalue weighted by Crippen LogP contribution is 2.24. The number of amides is 1. The predicted octanol–water partition coefficient (Wildman–Crippen LogP) is 1.97. The number of benzene rings is 1. The van der Waals surface area contributed by atoms with E-state index in [0.29, 0.717) is 31.4 Å². The Bertz CT molecular complexity index is 817. The van der Waals surface area contributed by atoms with Gasteiger partial charge in [0.1, 0.15) is 0 Å². The molecule has 1 aromatic rings. The van der Waals surface area contributed by atoms with Gasteiger partial charge in [0.2, 0.25) is 15.9 Å². The fourth-order valence-corrected chi connectivity index (χ4v) is 6.33. The van der Waals surface area contributed by atoms with Gasteiger partial charge in [0, 0.05) is 31.4 Å². The van der Waals surface area contributed by atoms with Gasteiger partial charge < -0.3 is 10.2 Å². The Morgan fingerprint density at radius 3 is 2.48 bits per heavy atom. The van der Waals surface area contributed by atoms with Crippen molar-refractivity contribution >= 4 is 21.6 Å². The van der Waals surface area contributed by atoms with Gasteiger partial charge in [0.15, 0.2) is 0 Å². The van der Waals surface area contributed by atoms with Crippen LogP contribution < -0.4 is 5.32 Å². The molecule has 29 heavy (non-hydrogen) atoms. The first-order valence-corrected chi connectivity index (χ1v) is 12.3. The number of sulfonamides is 1. The number of rotatable bonds is 7. The Hall–Kier alpha value is -1.48. The minimum Gasteiger partial charge on any atom is -0.325 e. The summed E-state index contributed by atoms with van der Waals surface area (Å²) in [6, 6.07) is 7.09. The van der Waals surface area contributed by atoms with E-state index in [9.17, 15) is 13.2 Å². The van der Waals surface area contributed by atoms with Crippen LogP contribution in [-0.4, -0.2) is 80.3 Å². The molecule has 3 heterocycles. The largest absolute Gasteiger partial charge is 0.325 e. The van der Waals surface area contributed by atoms with Gasteiger partial charge in [-0.15, -0.1) is 0 Å². The molecular formula is C21H32N4O3S. The minimum absolute atomic E-state index is 0.0750. The highest BCUT2D eigenvalue weighted by Gasteiger charge is 2.29. The fourth-order valence-electron chi connectivity index (χ4n) is 4.77. The van der Waals surface area contributed by atoms with Crippen LogP contribution in [0.15, 0.2) is 29.2 Å². The van der Waals surface area contributed by atoms with Crippen molar-refractivity contribution < 1.29 is 13.2 Å². The van der Waals surface area contributed by atoms with Crippen LogP contribution in [0.25, 0.3) is 0 Å². The lowest BCUT2D eigenvalue weighted by Gasteiger charge is -2.28. The van der Waals surface area contributed by atoms with Gasteiger partial charge in [-0.05, 0) is 76.4 Å². The van der Waals surface area contributed by atoms with Crippen molar-refractivity contribution in [1.29, 1.82) is 0 Å². The molecule has 3 fully saturated rings. The van der Waals surface area contributed by atoms with Crippen LogP contribution in [0.3, 0.4) is 0 Å². The molecule has 1 aromatic carbocycles. The van der Waals surface area contributed by atoms with E-state index in [4.69, 9.17) is 0 Å². The first-order valence-electron chi connectivity index (χ1n) is 10.9. The van der Waals surface area contributed by atoms with Crippen LogP contribution in [0.1, 0.15) is 38.5 Å². The van der Waals surface area contributed by atoms with Gasteiger partial charge in [0.25, 0.3) is 0 Å². The average molecular weight is 421 g/mol. The fraction of sp³-hybridized carbons (Fsp3) is 0.667. The predicted molar refractivity (Wildman–Crippen MR) is 113 cm³/mol. The molecule has 3 saturated heterocycles. The first kappa shape index (κ1) is 20.8. The molecule has 0 radical (unpaired) electrons. The molecule has 160 valence electrons. The van der Waals surface area contributed by atoms with Crippen molar-refractivity contribution in [3.8, 4) is 0 Å².